The Hall–Kier alpha value is -2.23. The zero-order valence-corrected chi connectivity index (χ0v) is 10.7. The number of benzene rings is 1. The average molecular weight is 281 g/mol. The standard InChI is InChI=1S/C11H15N5O4/c12-13-9-3-1-2-8(10(9)16(18)19)11(17)14-15-4-6-20-7-5-15/h1-3,13H,4-7,12H2,(H,14,17). The zero-order chi connectivity index (χ0) is 14.5. The highest BCUT2D eigenvalue weighted by Gasteiger charge is 2.25. The van der Waals surface area contributed by atoms with Crippen molar-refractivity contribution in [2.24, 2.45) is 5.84 Å². The molecule has 0 unspecified atom stereocenters. The topological polar surface area (TPSA) is 123 Å². The van der Waals surface area contributed by atoms with Crippen molar-refractivity contribution in [3.63, 3.8) is 0 Å². The highest BCUT2D eigenvalue weighted by molar-refractivity contribution is 6.00. The SMILES string of the molecule is NNc1cccc(C(=O)NN2CCOCC2)c1[N+](=O)[O-]. The van der Waals surface area contributed by atoms with E-state index in [2.05, 4.69) is 10.9 Å². The molecule has 1 saturated heterocycles. The first-order chi connectivity index (χ1) is 9.63. The Morgan fingerprint density at radius 2 is 2.10 bits per heavy atom. The lowest BCUT2D eigenvalue weighted by Gasteiger charge is -2.26. The smallest absolute Gasteiger partial charge is 0.306 e. The molecule has 2 rings (SSSR count). The summed E-state index contributed by atoms with van der Waals surface area (Å²) >= 11 is 0. The zero-order valence-electron chi connectivity index (χ0n) is 10.7. The molecule has 1 heterocycles. The average Bonchev–Trinajstić information content (AvgIpc) is 2.47. The Bertz CT molecular complexity index is 516. The van der Waals surface area contributed by atoms with Crippen molar-refractivity contribution in [1.29, 1.82) is 0 Å². The summed E-state index contributed by atoms with van der Waals surface area (Å²) in [6.45, 7) is 2.09. The lowest BCUT2D eigenvalue weighted by Crippen LogP contribution is -2.48. The van der Waals surface area contributed by atoms with Crippen LogP contribution in [0.25, 0.3) is 0 Å². The molecule has 9 heteroatoms. The van der Waals surface area contributed by atoms with Gasteiger partial charge in [-0.15, -0.1) is 0 Å². The minimum absolute atomic E-state index is 0.0445. The van der Waals surface area contributed by atoms with E-state index < -0.39 is 10.8 Å². The van der Waals surface area contributed by atoms with Crippen LogP contribution >= 0.6 is 0 Å². The van der Waals surface area contributed by atoms with Gasteiger partial charge in [0.1, 0.15) is 11.3 Å². The van der Waals surface area contributed by atoms with Gasteiger partial charge in [-0.05, 0) is 12.1 Å². The number of carbonyl (C=O) groups excluding carboxylic acids is 1. The summed E-state index contributed by atoms with van der Waals surface area (Å²) in [5.41, 5.74) is 4.54. The number of anilines is 1. The Balaban J connectivity index is 2.22. The van der Waals surface area contributed by atoms with E-state index in [4.69, 9.17) is 10.6 Å². The van der Waals surface area contributed by atoms with Crippen LogP contribution in [0.2, 0.25) is 0 Å². The molecule has 9 nitrogen and oxygen atoms in total. The number of rotatable bonds is 4. The Kier molecular flexibility index (Phi) is 4.45. The molecule has 1 aromatic rings. The number of nitrogens with zero attached hydrogens (tertiary/aromatic N) is 2. The minimum Gasteiger partial charge on any atom is -0.379 e. The summed E-state index contributed by atoms with van der Waals surface area (Å²) in [7, 11) is 0. The number of hydrogen-bond donors (Lipinski definition) is 3. The normalized spacial score (nSPS) is 15.7. The number of hydrogen-bond acceptors (Lipinski definition) is 7. The lowest BCUT2D eigenvalue weighted by atomic mass is 10.1. The van der Waals surface area contributed by atoms with E-state index >= 15 is 0 Å². The number of morpholine rings is 1. The molecular weight excluding hydrogens is 266 g/mol. The first-order valence-corrected chi connectivity index (χ1v) is 6.01. The molecule has 1 fully saturated rings. The maximum absolute atomic E-state index is 12.1. The largest absolute Gasteiger partial charge is 0.379 e. The van der Waals surface area contributed by atoms with Gasteiger partial charge < -0.3 is 10.2 Å². The van der Waals surface area contributed by atoms with Crippen molar-refractivity contribution in [3.05, 3.63) is 33.9 Å². The fraction of sp³-hybridized carbons (Fsp3) is 0.364. The number of para-hydroxylation sites is 1. The van der Waals surface area contributed by atoms with Gasteiger partial charge in [0.2, 0.25) is 0 Å². The van der Waals surface area contributed by atoms with Gasteiger partial charge in [-0.1, -0.05) is 6.07 Å². The summed E-state index contributed by atoms with van der Waals surface area (Å²) in [5.74, 6) is 4.68. The molecule has 1 aliphatic rings. The van der Waals surface area contributed by atoms with Gasteiger partial charge in [0.05, 0.1) is 18.1 Å². The molecule has 1 aromatic carbocycles. The first kappa shape index (κ1) is 14.2. The van der Waals surface area contributed by atoms with Crippen LogP contribution in [-0.2, 0) is 4.74 Å². The summed E-state index contributed by atoms with van der Waals surface area (Å²) in [6.07, 6.45) is 0. The van der Waals surface area contributed by atoms with Crippen molar-refractivity contribution in [2.45, 2.75) is 0 Å². The summed E-state index contributed by atoms with van der Waals surface area (Å²) in [5, 5.41) is 12.8. The third kappa shape index (κ3) is 3.02. The van der Waals surface area contributed by atoms with Crippen molar-refractivity contribution in [3.8, 4) is 0 Å². The van der Waals surface area contributed by atoms with E-state index in [0.29, 0.717) is 26.3 Å². The predicted molar refractivity (Wildman–Crippen MR) is 70.8 cm³/mol. The van der Waals surface area contributed by atoms with Crippen LogP contribution in [-0.4, -0.2) is 42.1 Å². The molecule has 1 amide bonds. The summed E-state index contributed by atoms with van der Waals surface area (Å²) in [4.78, 5) is 22.6. The maximum atomic E-state index is 12.1. The van der Waals surface area contributed by atoms with Crippen LogP contribution < -0.4 is 16.7 Å². The maximum Gasteiger partial charge on any atom is 0.306 e. The number of carbonyl (C=O) groups is 1. The van der Waals surface area contributed by atoms with Gasteiger partial charge in [-0.2, -0.15) is 0 Å². The van der Waals surface area contributed by atoms with E-state index in [1.807, 2.05) is 0 Å². The van der Waals surface area contributed by atoms with Crippen LogP contribution in [0, 0.1) is 10.1 Å². The first-order valence-electron chi connectivity index (χ1n) is 6.01. The fourth-order valence-electron chi connectivity index (χ4n) is 1.92. The Morgan fingerprint density at radius 1 is 1.40 bits per heavy atom. The molecular formula is C11H15N5O4. The van der Waals surface area contributed by atoms with Crippen LogP contribution in [0.3, 0.4) is 0 Å². The molecule has 0 aliphatic carbocycles. The van der Waals surface area contributed by atoms with Crippen LogP contribution in [0.5, 0.6) is 0 Å². The van der Waals surface area contributed by atoms with Crippen molar-refractivity contribution >= 4 is 17.3 Å². The van der Waals surface area contributed by atoms with E-state index in [-0.39, 0.29) is 16.9 Å². The number of amides is 1. The van der Waals surface area contributed by atoms with Gasteiger partial charge in [0, 0.05) is 13.1 Å². The third-order valence-corrected chi connectivity index (χ3v) is 2.89. The number of nitro benzene ring substituents is 1. The molecule has 0 spiro atoms. The number of nitrogens with one attached hydrogen (secondary N) is 2. The molecule has 0 saturated carbocycles. The molecule has 0 aromatic heterocycles. The third-order valence-electron chi connectivity index (χ3n) is 2.89. The van der Waals surface area contributed by atoms with Crippen molar-refractivity contribution in [1.82, 2.24) is 10.4 Å². The number of nitrogens with two attached hydrogens (primary N) is 1. The second-order valence-corrected chi connectivity index (χ2v) is 4.14. The highest BCUT2D eigenvalue weighted by Crippen LogP contribution is 2.27. The van der Waals surface area contributed by atoms with Crippen LogP contribution in [0.1, 0.15) is 10.4 Å². The van der Waals surface area contributed by atoms with E-state index in [9.17, 15) is 14.9 Å². The van der Waals surface area contributed by atoms with E-state index in [1.165, 1.54) is 18.2 Å². The monoisotopic (exact) mass is 281 g/mol. The summed E-state index contributed by atoms with van der Waals surface area (Å²) < 4.78 is 5.16. The summed E-state index contributed by atoms with van der Waals surface area (Å²) in [6, 6.07) is 4.34. The van der Waals surface area contributed by atoms with Gasteiger partial charge in [0.15, 0.2) is 0 Å². The molecule has 4 N–H and O–H groups in total. The van der Waals surface area contributed by atoms with E-state index in [0.717, 1.165) is 0 Å². The molecule has 20 heavy (non-hydrogen) atoms. The van der Waals surface area contributed by atoms with Gasteiger partial charge in [-0.25, -0.2) is 5.01 Å². The quantitative estimate of drug-likeness (QED) is 0.398. The minimum atomic E-state index is -0.635. The number of nitrogen functional groups attached to an aromatic ring is 1. The number of nitro groups is 1. The van der Waals surface area contributed by atoms with Gasteiger partial charge in [0.25, 0.3) is 5.91 Å². The van der Waals surface area contributed by atoms with Crippen molar-refractivity contribution < 1.29 is 14.5 Å². The number of ether oxygens (including phenoxy) is 1. The molecule has 108 valence electrons. The molecule has 0 bridgehead atoms. The second kappa shape index (κ2) is 6.28. The van der Waals surface area contributed by atoms with Gasteiger partial charge >= 0.3 is 5.69 Å². The van der Waals surface area contributed by atoms with E-state index in [1.54, 1.807) is 5.01 Å². The second-order valence-electron chi connectivity index (χ2n) is 4.14. The van der Waals surface area contributed by atoms with Crippen LogP contribution in [0.4, 0.5) is 11.4 Å². The Morgan fingerprint density at radius 3 is 2.70 bits per heavy atom. The molecule has 0 radical (unpaired) electrons. The number of hydrazine groups is 2. The lowest BCUT2D eigenvalue weighted by molar-refractivity contribution is -0.384. The molecule has 0 atom stereocenters. The van der Waals surface area contributed by atoms with Crippen LogP contribution in [0.15, 0.2) is 18.2 Å². The molecule has 1 aliphatic heterocycles. The predicted octanol–water partition coefficient (Wildman–Crippen LogP) is -0.143. The Labute approximate surface area is 114 Å². The van der Waals surface area contributed by atoms with Gasteiger partial charge in [-0.3, -0.25) is 26.2 Å². The fourth-order valence-corrected chi connectivity index (χ4v) is 1.92. The highest BCUT2D eigenvalue weighted by atomic mass is 16.6. The van der Waals surface area contributed by atoms with Crippen molar-refractivity contribution in [2.75, 3.05) is 31.7 Å².